The van der Waals surface area contributed by atoms with Gasteiger partial charge in [-0.15, -0.1) is 0 Å². The van der Waals surface area contributed by atoms with Crippen LogP contribution in [0.3, 0.4) is 0 Å². The molecule has 1 saturated heterocycles. The number of likely N-dealkylation sites (N-methyl/N-ethyl adjacent to an activating group) is 1. The number of rotatable bonds is 4. The van der Waals surface area contributed by atoms with E-state index in [1.165, 1.54) is 0 Å². The number of carbonyl (C=O) groups excluding carboxylic acids is 2. The molecule has 0 spiro atoms. The normalized spacial score (nSPS) is 21.2. The summed E-state index contributed by atoms with van der Waals surface area (Å²) in [5, 5.41) is 6.02. The molecule has 120 valence electrons. The molecule has 1 aromatic carbocycles. The van der Waals surface area contributed by atoms with E-state index in [-0.39, 0.29) is 24.0 Å². The van der Waals surface area contributed by atoms with Gasteiger partial charge in [-0.3, -0.25) is 9.59 Å². The average Bonchev–Trinajstić information content (AvgIpc) is 2.49. The van der Waals surface area contributed by atoms with Crippen LogP contribution in [0.15, 0.2) is 24.3 Å². The molecule has 1 aliphatic heterocycles. The minimum Gasteiger partial charge on any atom is -0.375 e. The Morgan fingerprint density at radius 3 is 2.59 bits per heavy atom. The minimum atomic E-state index is -0.344. The van der Waals surface area contributed by atoms with Gasteiger partial charge in [0.1, 0.15) is 6.04 Å². The number of carbonyl (C=O) groups is 2. The van der Waals surface area contributed by atoms with Gasteiger partial charge in [-0.2, -0.15) is 0 Å². The first kappa shape index (κ1) is 16.5. The highest BCUT2D eigenvalue weighted by atomic mass is 16.5. The smallest absolute Gasteiger partial charge is 0.244 e. The summed E-state index contributed by atoms with van der Waals surface area (Å²) in [5.74, 6) is -0.0570. The maximum atomic E-state index is 12.2. The Morgan fingerprint density at radius 2 is 2.00 bits per heavy atom. The van der Waals surface area contributed by atoms with Crippen LogP contribution in [-0.2, 0) is 20.7 Å². The van der Waals surface area contributed by atoms with Crippen molar-refractivity contribution in [3.8, 4) is 0 Å². The Labute approximate surface area is 130 Å². The van der Waals surface area contributed by atoms with Gasteiger partial charge < -0.3 is 20.3 Å². The van der Waals surface area contributed by atoms with Gasteiger partial charge in [0.05, 0.1) is 19.1 Å². The zero-order chi connectivity index (χ0) is 16.1. The molecule has 0 bridgehead atoms. The molecule has 0 saturated carbocycles. The van der Waals surface area contributed by atoms with Gasteiger partial charge in [0, 0.05) is 26.3 Å². The van der Waals surface area contributed by atoms with E-state index in [1.54, 1.807) is 19.0 Å². The van der Waals surface area contributed by atoms with Crippen molar-refractivity contribution >= 4 is 17.5 Å². The first-order valence-electron chi connectivity index (χ1n) is 7.42. The van der Waals surface area contributed by atoms with Crippen LogP contribution in [0.2, 0.25) is 0 Å². The molecule has 2 amide bonds. The van der Waals surface area contributed by atoms with E-state index < -0.39 is 0 Å². The van der Waals surface area contributed by atoms with Crippen LogP contribution in [0.25, 0.3) is 0 Å². The Bertz CT molecular complexity index is 528. The Hall–Kier alpha value is -1.92. The molecule has 0 radical (unpaired) electrons. The van der Waals surface area contributed by atoms with Gasteiger partial charge >= 0.3 is 0 Å². The molecule has 2 N–H and O–H groups in total. The van der Waals surface area contributed by atoms with E-state index in [4.69, 9.17) is 4.74 Å². The van der Waals surface area contributed by atoms with Crippen molar-refractivity contribution < 1.29 is 14.3 Å². The van der Waals surface area contributed by atoms with Crippen LogP contribution in [0.5, 0.6) is 0 Å². The van der Waals surface area contributed by atoms with Crippen molar-refractivity contribution in [1.82, 2.24) is 10.2 Å². The highest BCUT2D eigenvalue weighted by molar-refractivity contribution is 5.95. The molecule has 22 heavy (non-hydrogen) atoms. The van der Waals surface area contributed by atoms with E-state index >= 15 is 0 Å². The molecule has 0 aliphatic carbocycles. The molecule has 6 heteroatoms. The summed E-state index contributed by atoms with van der Waals surface area (Å²) in [6.45, 7) is 3.18. The molecule has 1 heterocycles. The van der Waals surface area contributed by atoms with Crippen molar-refractivity contribution in [2.45, 2.75) is 25.5 Å². The van der Waals surface area contributed by atoms with E-state index in [2.05, 4.69) is 10.6 Å². The third-order valence-corrected chi connectivity index (χ3v) is 3.67. The van der Waals surface area contributed by atoms with Crippen LogP contribution >= 0.6 is 0 Å². The van der Waals surface area contributed by atoms with Gasteiger partial charge in [-0.05, 0) is 24.6 Å². The lowest BCUT2D eigenvalue weighted by atomic mass is 10.1. The summed E-state index contributed by atoms with van der Waals surface area (Å²) in [7, 11) is 3.47. The predicted molar refractivity (Wildman–Crippen MR) is 84.7 cm³/mol. The lowest BCUT2D eigenvalue weighted by Crippen LogP contribution is -2.53. The number of amides is 2. The van der Waals surface area contributed by atoms with Crippen molar-refractivity contribution in [3.05, 3.63) is 29.8 Å². The third-order valence-electron chi connectivity index (χ3n) is 3.67. The largest absolute Gasteiger partial charge is 0.375 e. The molecule has 1 aromatic rings. The molecule has 2 atom stereocenters. The lowest BCUT2D eigenvalue weighted by molar-refractivity contribution is -0.128. The monoisotopic (exact) mass is 305 g/mol. The van der Waals surface area contributed by atoms with Crippen molar-refractivity contribution in [1.29, 1.82) is 0 Å². The Morgan fingerprint density at radius 1 is 1.32 bits per heavy atom. The first-order valence-corrected chi connectivity index (χ1v) is 7.42. The predicted octanol–water partition coefficient (Wildman–Crippen LogP) is 0.633. The lowest BCUT2D eigenvalue weighted by Gasteiger charge is -2.29. The molecule has 2 rings (SSSR count). The molecule has 6 nitrogen and oxygen atoms in total. The van der Waals surface area contributed by atoms with Crippen LogP contribution in [0.4, 0.5) is 5.69 Å². The molecule has 0 unspecified atom stereocenters. The highest BCUT2D eigenvalue weighted by Gasteiger charge is 2.28. The van der Waals surface area contributed by atoms with Crippen LogP contribution in [-0.4, -0.2) is 56.1 Å². The highest BCUT2D eigenvalue weighted by Crippen LogP contribution is 2.13. The van der Waals surface area contributed by atoms with Crippen molar-refractivity contribution in [3.63, 3.8) is 0 Å². The van der Waals surface area contributed by atoms with E-state index in [0.717, 1.165) is 5.56 Å². The average molecular weight is 305 g/mol. The fraction of sp³-hybridized carbons (Fsp3) is 0.500. The van der Waals surface area contributed by atoms with Gasteiger partial charge in [0.15, 0.2) is 0 Å². The van der Waals surface area contributed by atoms with Crippen molar-refractivity contribution in [2.24, 2.45) is 0 Å². The number of ether oxygens (including phenoxy) is 1. The summed E-state index contributed by atoms with van der Waals surface area (Å²) in [4.78, 5) is 25.4. The van der Waals surface area contributed by atoms with Gasteiger partial charge in [0.2, 0.25) is 11.8 Å². The second kappa shape index (κ2) is 7.38. The van der Waals surface area contributed by atoms with Gasteiger partial charge in [-0.25, -0.2) is 0 Å². The maximum absolute atomic E-state index is 12.2. The number of morpholine rings is 1. The third kappa shape index (κ3) is 4.29. The quantitative estimate of drug-likeness (QED) is 0.856. The van der Waals surface area contributed by atoms with Crippen LogP contribution in [0.1, 0.15) is 12.5 Å². The van der Waals surface area contributed by atoms with Crippen molar-refractivity contribution in [2.75, 3.05) is 32.6 Å². The fourth-order valence-electron chi connectivity index (χ4n) is 2.29. The summed E-state index contributed by atoms with van der Waals surface area (Å²) in [6, 6.07) is 6.98. The zero-order valence-corrected chi connectivity index (χ0v) is 13.3. The molecular weight excluding hydrogens is 282 g/mol. The molecule has 0 aromatic heterocycles. The van der Waals surface area contributed by atoms with Crippen LogP contribution in [0, 0.1) is 0 Å². The molecular formula is C16H23N3O3. The fourth-order valence-corrected chi connectivity index (χ4v) is 2.29. The Balaban J connectivity index is 1.93. The van der Waals surface area contributed by atoms with Gasteiger partial charge in [-0.1, -0.05) is 12.1 Å². The number of nitrogens with zero attached hydrogens (tertiary/aromatic N) is 1. The summed E-state index contributed by atoms with van der Waals surface area (Å²) in [6.07, 6.45) is 0.210. The molecule has 1 aliphatic rings. The topological polar surface area (TPSA) is 70.7 Å². The van der Waals surface area contributed by atoms with Crippen LogP contribution < -0.4 is 10.6 Å². The number of nitrogens with one attached hydrogen (secondary N) is 2. The number of hydrogen-bond acceptors (Lipinski definition) is 4. The van der Waals surface area contributed by atoms with E-state index in [0.29, 0.717) is 25.3 Å². The van der Waals surface area contributed by atoms with E-state index in [9.17, 15) is 9.59 Å². The second-order valence-corrected chi connectivity index (χ2v) is 5.66. The van der Waals surface area contributed by atoms with Gasteiger partial charge in [0.25, 0.3) is 0 Å². The number of anilines is 1. The summed E-state index contributed by atoms with van der Waals surface area (Å²) < 4.78 is 5.47. The Kier molecular flexibility index (Phi) is 5.51. The maximum Gasteiger partial charge on any atom is 0.244 e. The summed E-state index contributed by atoms with van der Waals surface area (Å²) in [5.41, 5.74) is 1.63. The molecule has 1 fully saturated rings. The number of benzene rings is 1. The SMILES string of the molecule is C[C@H]1OCCN[C@@H]1C(=O)Nc1ccc(CC(=O)N(C)C)cc1. The van der Waals surface area contributed by atoms with E-state index in [1.807, 2.05) is 31.2 Å². The minimum absolute atomic E-state index is 0.0502. The summed E-state index contributed by atoms with van der Waals surface area (Å²) >= 11 is 0. The first-order chi connectivity index (χ1) is 10.5. The second-order valence-electron chi connectivity index (χ2n) is 5.66. The zero-order valence-electron chi connectivity index (χ0n) is 13.3. The standard InChI is InChI=1S/C16H23N3O3/c1-11-15(17-8-9-22-11)16(21)18-13-6-4-12(5-7-13)10-14(20)19(2)3/h4-7,11,15,17H,8-10H2,1-3H3,(H,18,21)/t11-,15+/m1/s1. The number of hydrogen-bond donors (Lipinski definition) is 2.